The molecule has 0 saturated carbocycles. The largest absolute Gasteiger partial charge is 0.492 e. The lowest BCUT2D eigenvalue weighted by molar-refractivity contribution is 0.291. The molecule has 3 rings (SSSR count). The maximum Gasteiger partial charge on any atom is 0.123 e. The third kappa shape index (κ3) is 2.81. The molecule has 0 radical (unpaired) electrons. The van der Waals surface area contributed by atoms with E-state index >= 15 is 0 Å². The van der Waals surface area contributed by atoms with E-state index in [4.69, 9.17) is 27.9 Å². The minimum absolute atomic E-state index is 0.0513. The molecule has 2 aromatic carbocycles. The molecule has 0 fully saturated rings. The minimum Gasteiger partial charge on any atom is -0.492 e. The molecule has 0 aliphatic carbocycles. The van der Waals surface area contributed by atoms with Crippen LogP contribution in [0.5, 0.6) is 5.75 Å². The summed E-state index contributed by atoms with van der Waals surface area (Å²) in [7, 11) is 0. The van der Waals surface area contributed by atoms with E-state index < -0.39 is 0 Å². The van der Waals surface area contributed by atoms with Crippen molar-refractivity contribution in [2.75, 3.05) is 6.61 Å². The molecule has 1 atom stereocenters. The van der Waals surface area contributed by atoms with E-state index in [2.05, 4.69) is 41.9 Å². The summed E-state index contributed by atoms with van der Waals surface area (Å²) in [6.45, 7) is 5.13. The molecule has 0 saturated heterocycles. The molecular weight excluding hydrogens is 371 g/mol. The van der Waals surface area contributed by atoms with E-state index in [0.29, 0.717) is 10.0 Å². The summed E-state index contributed by atoms with van der Waals surface area (Å²) in [5.41, 5.74) is 3.58. The number of alkyl halides is 1. The standard InChI is InChI=1S/C17H15BrCl2O/c1-17(2)9-21-15-6-4-10(7-12(15)17)16(18)11-3-5-13(19)14(20)8-11/h3-8,16H,9H2,1-2H3. The van der Waals surface area contributed by atoms with Crippen LogP contribution in [0.2, 0.25) is 10.0 Å². The summed E-state index contributed by atoms with van der Waals surface area (Å²) >= 11 is 15.8. The Balaban J connectivity index is 1.99. The van der Waals surface area contributed by atoms with Crippen molar-refractivity contribution < 1.29 is 4.74 Å². The predicted molar refractivity (Wildman–Crippen MR) is 92.2 cm³/mol. The molecular formula is C17H15BrCl2O. The number of ether oxygens (including phenoxy) is 1. The van der Waals surface area contributed by atoms with Crippen LogP contribution in [0.1, 0.15) is 35.4 Å². The van der Waals surface area contributed by atoms with E-state index in [-0.39, 0.29) is 10.2 Å². The first-order valence-corrected chi connectivity index (χ1v) is 8.42. The van der Waals surface area contributed by atoms with Crippen molar-refractivity contribution in [2.24, 2.45) is 0 Å². The van der Waals surface area contributed by atoms with Gasteiger partial charge in [0.25, 0.3) is 0 Å². The molecule has 1 nitrogen and oxygen atoms in total. The van der Waals surface area contributed by atoms with E-state index in [9.17, 15) is 0 Å². The lowest BCUT2D eigenvalue weighted by atomic mass is 9.85. The predicted octanol–water partition coefficient (Wildman–Crippen LogP) is 6.15. The number of rotatable bonds is 2. The smallest absolute Gasteiger partial charge is 0.123 e. The van der Waals surface area contributed by atoms with Gasteiger partial charge in [0.15, 0.2) is 0 Å². The second-order valence-corrected chi connectivity index (χ2v) is 7.69. The number of benzene rings is 2. The molecule has 0 bridgehead atoms. The Hall–Kier alpha value is -0.700. The Kier molecular flexibility index (Phi) is 3.98. The third-order valence-corrected chi connectivity index (χ3v) is 5.65. The van der Waals surface area contributed by atoms with Crippen LogP contribution in [-0.2, 0) is 5.41 Å². The first-order valence-electron chi connectivity index (χ1n) is 6.75. The second kappa shape index (κ2) is 5.49. The summed E-state index contributed by atoms with van der Waals surface area (Å²) in [5, 5.41) is 1.15. The summed E-state index contributed by atoms with van der Waals surface area (Å²) < 4.78 is 5.74. The highest BCUT2D eigenvalue weighted by Crippen LogP contribution is 2.42. The average Bonchev–Trinajstić information content (AvgIpc) is 2.76. The van der Waals surface area contributed by atoms with Gasteiger partial charge < -0.3 is 4.74 Å². The number of hydrogen-bond acceptors (Lipinski definition) is 1. The Morgan fingerprint density at radius 3 is 2.43 bits per heavy atom. The Morgan fingerprint density at radius 1 is 1.05 bits per heavy atom. The molecule has 0 aromatic heterocycles. The van der Waals surface area contributed by atoms with Gasteiger partial charge in [0.2, 0.25) is 0 Å². The van der Waals surface area contributed by atoms with Gasteiger partial charge in [-0.15, -0.1) is 0 Å². The molecule has 0 amide bonds. The molecule has 1 aliphatic rings. The van der Waals surface area contributed by atoms with Crippen molar-refractivity contribution in [3.05, 3.63) is 63.1 Å². The van der Waals surface area contributed by atoms with Crippen LogP contribution in [0.15, 0.2) is 36.4 Å². The summed E-state index contributed by atoms with van der Waals surface area (Å²) in [4.78, 5) is 0.0777. The molecule has 2 aromatic rings. The second-order valence-electron chi connectivity index (χ2n) is 5.96. The van der Waals surface area contributed by atoms with Gasteiger partial charge in [-0.3, -0.25) is 0 Å². The van der Waals surface area contributed by atoms with E-state index in [1.54, 1.807) is 0 Å². The quantitative estimate of drug-likeness (QED) is 0.563. The monoisotopic (exact) mass is 384 g/mol. The summed E-state index contributed by atoms with van der Waals surface area (Å²) in [6.07, 6.45) is 0. The van der Waals surface area contributed by atoms with Crippen molar-refractivity contribution in [2.45, 2.75) is 24.1 Å². The van der Waals surface area contributed by atoms with Crippen LogP contribution in [0.25, 0.3) is 0 Å². The zero-order valence-corrected chi connectivity index (χ0v) is 14.9. The molecule has 0 spiro atoms. The fraction of sp³-hybridized carbons (Fsp3) is 0.294. The zero-order chi connectivity index (χ0) is 15.2. The molecule has 110 valence electrons. The fourth-order valence-electron chi connectivity index (χ4n) is 2.56. The van der Waals surface area contributed by atoms with Gasteiger partial charge in [-0.1, -0.05) is 65.1 Å². The minimum atomic E-state index is 0.0513. The van der Waals surface area contributed by atoms with Crippen LogP contribution < -0.4 is 4.74 Å². The number of fused-ring (bicyclic) bond motifs is 1. The maximum absolute atomic E-state index is 6.11. The highest BCUT2D eigenvalue weighted by Gasteiger charge is 2.32. The van der Waals surface area contributed by atoms with Crippen LogP contribution in [0.3, 0.4) is 0 Å². The van der Waals surface area contributed by atoms with Crippen molar-refractivity contribution in [1.82, 2.24) is 0 Å². The van der Waals surface area contributed by atoms with E-state index in [0.717, 1.165) is 17.9 Å². The van der Waals surface area contributed by atoms with E-state index in [1.165, 1.54) is 11.1 Å². The Bertz CT molecular complexity index is 697. The van der Waals surface area contributed by atoms with Gasteiger partial charge in [-0.05, 0) is 35.4 Å². The third-order valence-electron chi connectivity index (χ3n) is 3.85. The summed E-state index contributed by atoms with van der Waals surface area (Å²) in [6, 6.07) is 12.1. The van der Waals surface area contributed by atoms with Crippen molar-refractivity contribution >= 4 is 39.1 Å². The number of halogens is 3. The molecule has 1 heterocycles. The first kappa shape index (κ1) is 15.2. The van der Waals surface area contributed by atoms with E-state index in [1.807, 2.05) is 24.3 Å². The highest BCUT2D eigenvalue weighted by atomic mass is 79.9. The van der Waals surface area contributed by atoms with Gasteiger partial charge in [-0.25, -0.2) is 0 Å². The van der Waals surface area contributed by atoms with Crippen LogP contribution >= 0.6 is 39.1 Å². The van der Waals surface area contributed by atoms with Crippen LogP contribution in [-0.4, -0.2) is 6.61 Å². The van der Waals surface area contributed by atoms with Gasteiger partial charge in [-0.2, -0.15) is 0 Å². The molecule has 0 N–H and O–H groups in total. The zero-order valence-electron chi connectivity index (χ0n) is 11.8. The average molecular weight is 386 g/mol. The van der Waals surface area contributed by atoms with Gasteiger partial charge in [0.05, 0.1) is 21.5 Å². The SMILES string of the molecule is CC1(C)COc2ccc(C(Br)c3ccc(Cl)c(Cl)c3)cc21. The normalized spacial score (nSPS) is 17.2. The molecule has 1 aliphatic heterocycles. The first-order chi connectivity index (χ1) is 9.88. The van der Waals surface area contributed by atoms with Gasteiger partial charge in [0.1, 0.15) is 5.75 Å². The lowest BCUT2D eigenvalue weighted by Gasteiger charge is -2.18. The Morgan fingerprint density at radius 2 is 1.71 bits per heavy atom. The fourth-order valence-corrected chi connectivity index (χ4v) is 3.43. The molecule has 1 unspecified atom stereocenters. The molecule has 21 heavy (non-hydrogen) atoms. The van der Waals surface area contributed by atoms with Crippen molar-refractivity contribution in [3.8, 4) is 5.75 Å². The van der Waals surface area contributed by atoms with Crippen LogP contribution in [0.4, 0.5) is 0 Å². The van der Waals surface area contributed by atoms with Crippen LogP contribution in [0, 0.1) is 0 Å². The van der Waals surface area contributed by atoms with Crippen molar-refractivity contribution in [3.63, 3.8) is 0 Å². The topological polar surface area (TPSA) is 9.23 Å². The Labute approximate surface area is 143 Å². The maximum atomic E-state index is 6.11. The lowest BCUT2D eigenvalue weighted by Crippen LogP contribution is -2.18. The highest BCUT2D eigenvalue weighted by molar-refractivity contribution is 9.09. The molecule has 4 heteroatoms. The summed E-state index contributed by atoms with van der Waals surface area (Å²) in [5.74, 6) is 0.984. The number of hydrogen-bond donors (Lipinski definition) is 0. The van der Waals surface area contributed by atoms with Gasteiger partial charge in [0, 0.05) is 11.0 Å². The van der Waals surface area contributed by atoms with Crippen molar-refractivity contribution in [1.29, 1.82) is 0 Å². The van der Waals surface area contributed by atoms with Gasteiger partial charge >= 0.3 is 0 Å².